The predicted octanol–water partition coefficient (Wildman–Crippen LogP) is 2.27. The average molecular weight is 618 g/mol. The van der Waals surface area contributed by atoms with Crippen molar-refractivity contribution in [1.29, 1.82) is 0 Å². The first kappa shape index (κ1) is 28.4. The highest BCUT2D eigenvalue weighted by Crippen LogP contribution is 2.46. The lowest BCUT2D eigenvalue weighted by atomic mass is 9.79. The molecule has 0 spiro atoms. The number of likely N-dealkylation sites (N-methyl/N-ethyl adjacent to an activating group) is 1. The van der Waals surface area contributed by atoms with E-state index in [1.54, 1.807) is 17.0 Å². The Kier molecular flexibility index (Phi) is 6.10. The number of benzene rings is 2. The van der Waals surface area contributed by atoms with Crippen molar-refractivity contribution in [2.24, 2.45) is 5.92 Å². The van der Waals surface area contributed by atoms with Gasteiger partial charge in [-0.1, -0.05) is 18.2 Å². The molecule has 1 aliphatic carbocycles. The van der Waals surface area contributed by atoms with Gasteiger partial charge in [0.05, 0.1) is 5.92 Å². The number of aromatic amines is 1. The Bertz CT molecular complexity index is 1810. The highest BCUT2D eigenvalue weighted by atomic mass is 19.1. The maximum absolute atomic E-state index is 15.3. The van der Waals surface area contributed by atoms with Crippen LogP contribution in [0.1, 0.15) is 36.5 Å². The number of ether oxygens (including phenoxy) is 1. The first-order valence-electron chi connectivity index (χ1n) is 15.3. The lowest BCUT2D eigenvalue weighted by Gasteiger charge is -2.48. The standard InChI is InChI=1S/C33H33F2N5O5/c1-32(37-29(41)19-13-21-24(38(2)16-19)14-18-15-36-23-10-9-22(35)28(21)27(18)23)31(43)40-25(12-17-5-7-20(34)8-6-17)30(42)39-11-3-4-26(39)33(40,44)45-32/h5-10,13,15,19,24-26,36,44H,3-4,11-12,14,16H2,1-2H3,(H,37,41)/t19-,24-,25+,26+,32-,33+/m1/s1. The van der Waals surface area contributed by atoms with Crippen molar-refractivity contribution in [2.75, 3.05) is 20.1 Å². The molecule has 0 unspecified atom stereocenters. The molecule has 5 heterocycles. The zero-order valence-corrected chi connectivity index (χ0v) is 24.8. The molecule has 6 atom stereocenters. The minimum Gasteiger partial charge on any atom is -0.361 e. The molecule has 8 rings (SSSR count). The van der Waals surface area contributed by atoms with Gasteiger partial charge in [0.25, 0.3) is 11.8 Å². The summed E-state index contributed by atoms with van der Waals surface area (Å²) in [4.78, 5) is 49.6. The summed E-state index contributed by atoms with van der Waals surface area (Å²) >= 11 is 0. The number of fused-ring (bicyclic) bond motifs is 5. The van der Waals surface area contributed by atoms with Crippen LogP contribution in [0.3, 0.4) is 0 Å². The van der Waals surface area contributed by atoms with Gasteiger partial charge in [0.1, 0.15) is 23.7 Å². The van der Waals surface area contributed by atoms with Gasteiger partial charge >= 0.3 is 0 Å². The van der Waals surface area contributed by atoms with Crippen molar-refractivity contribution in [2.45, 2.75) is 62.4 Å². The number of hydrogen-bond donors (Lipinski definition) is 3. The van der Waals surface area contributed by atoms with Crippen molar-refractivity contribution in [1.82, 2.24) is 25.0 Å². The van der Waals surface area contributed by atoms with Crippen molar-refractivity contribution >= 4 is 34.2 Å². The number of aliphatic hydroxyl groups is 1. The smallest absolute Gasteiger partial charge is 0.280 e. The van der Waals surface area contributed by atoms with Crippen LogP contribution in [0.2, 0.25) is 0 Å². The van der Waals surface area contributed by atoms with Crippen molar-refractivity contribution in [3.63, 3.8) is 0 Å². The number of amides is 3. The van der Waals surface area contributed by atoms with Crippen LogP contribution < -0.4 is 5.32 Å². The largest absolute Gasteiger partial charge is 0.361 e. The first-order valence-corrected chi connectivity index (χ1v) is 15.3. The van der Waals surface area contributed by atoms with Crippen LogP contribution in [0.5, 0.6) is 0 Å². The van der Waals surface area contributed by atoms with Gasteiger partial charge in [0.15, 0.2) is 0 Å². The molecule has 1 aromatic heterocycles. The van der Waals surface area contributed by atoms with E-state index in [1.807, 2.05) is 18.1 Å². The van der Waals surface area contributed by atoms with Crippen LogP contribution in [-0.2, 0) is 32.0 Å². The first-order chi connectivity index (χ1) is 21.5. The second-order valence-corrected chi connectivity index (χ2v) is 13.0. The fourth-order valence-electron chi connectivity index (χ4n) is 8.16. The van der Waals surface area contributed by atoms with Gasteiger partial charge < -0.3 is 20.3 Å². The zero-order valence-electron chi connectivity index (χ0n) is 24.8. The molecule has 0 bridgehead atoms. The van der Waals surface area contributed by atoms with Gasteiger partial charge in [-0.05, 0) is 74.2 Å². The van der Waals surface area contributed by atoms with E-state index in [2.05, 4.69) is 10.3 Å². The number of piperazine rings is 1. The Morgan fingerprint density at radius 2 is 1.96 bits per heavy atom. The number of H-pyrrole nitrogens is 1. The van der Waals surface area contributed by atoms with Gasteiger partial charge in [-0.2, -0.15) is 0 Å². The van der Waals surface area contributed by atoms with Crippen molar-refractivity contribution in [3.8, 4) is 0 Å². The molecule has 12 heteroatoms. The van der Waals surface area contributed by atoms with Gasteiger partial charge in [0.2, 0.25) is 17.5 Å². The maximum atomic E-state index is 15.3. The van der Waals surface area contributed by atoms with Gasteiger partial charge in [0, 0.05) is 48.2 Å². The second-order valence-electron chi connectivity index (χ2n) is 13.0. The molecular weight excluding hydrogens is 584 g/mol. The molecule has 234 valence electrons. The molecule has 0 radical (unpaired) electrons. The minimum atomic E-state index is -2.17. The molecule has 3 aromatic rings. The van der Waals surface area contributed by atoms with Gasteiger partial charge in [-0.15, -0.1) is 0 Å². The van der Waals surface area contributed by atoms with Gasteiger partial charge in [-0.25, -0.2) is 8.78 Å². The number of aromatic nitrogens is 1. The summed E-state index contributed by atoms with van der Waals surface area (Å²) < 4.78 is 35.1. The third kappa shape index (κ3) is 4.05. The van der Waals surface area contributed by atoms with E-state index in [-0.39, 0.29) is 24.2 Å². The lowest BCUT2D eigenvalue weighted by Crippen LogP contribution is -2.71. The van der Waals surface area contributed by atoms with E-state index in [4.69, 9.17) is 4.74 Å². The van der Waals surface area contributed by atoms with E-state index < -0.39 is 47.3 Å². The molecule has 10 nitrogen and oxygen atoms in total. The third-order valence-corrected chi connectivity index (χ3v) is 10.3. The topological polar surface area (TPSA) is 118 Å². The maximum Gasteiger partial charge on any atom is 0.280 e. The normalized spacial score (nSPS) is 32.4. The molecule has 45 heavy (non-hydrogen) atoms. The summed E-state index contributed by atoms with van der Waals surface area (Å²) in [7, 11) is 1.88. The van der Waals surface area contributed by atoms with E-state index in [1.165, 1.54) is 37.3 Å². The highest BCUT2D eigenvalue weighted by Gasteiger charge is 2.70. The number of carbonyl (C=O) groups is 3. The zero-order chi connectivity index (χ0) is 31.4. The Morgan fingerprint density at radius 1 is 1.18 bits per heavy atom. The number of nitrogens with zero attached hydrogens (tertiary/aromatic N) is 3. The van der Waals surface area contributed by atoms with E-state index in [9.17, 15) is 23.9 Å². The molecule has 3 fully saturated rings. The molecule has 3 N–H and O–H groups in total. The van der Waals surface area contributed by atoms with Crippen LogP contribution in [0.25, 0.3) is 16.5 Å². The summed E-state index contributed by atoms with van der Waals surface area (Å²) in [6, 6.07) is 6.69. The lowest BCUT2D eigenvalue weighted by molar-refractivity contribution is -0.315. The highest BCUT2D eigenvalue weighted by molar-refractivity contribution is 6.01. The quantitative estimate of drug-likeness (QED) is 0.414. The summed E-state index contributed by atoms with van der Waals surface area (Å²) in [6.45, 7) is 2.10. The number of halogens is 2. The molecule has 3 saturated heterocycles. The van der Waals surface area contributed by atoms with Crippen LogP contribution >= 0.6 is 0 Å². The molecular formula is C33H33F2N5O5. The second kappa shape index (κ2) is 9.68. The van der Waals surface area contributed by atoms with Crippen LogP contribution in [-0.4, -0.2) is 92.4 Å². The van der Waals surface area contributed by atoms with Crippen LogP contribution in [0, 0.1) is 17.6 Å². The van der Waals surface area contributed by atoms with E-state index in [0.717, 1.165) is 21.4 Å². The minimum absolute atomic E-state index is 0.0307. The molecule has 4 aliphatic heterocycles. The Hall–Kier alpha value is -4.13. The Balaban J connectivity index is 1.12. The average Bonchev–Trinajstić information content (AvgIpc) is 3.71. The van der Waals surface area contributed by atoms with E-state index >= 15 is 4.39 Å². The monoisotopic (exact) mass is 617 g/mol. The van der Waals surface area contributed by atoms with Crippen LogP contribution in [0.4, 0.5) is 8.78 Å². The summed E-state index contributed by atoms with van der Waals surface area (Å²) in [5.41, 5.74) is 1.65. The SMILES string of the molecule is CN1C[C@H](C(=O)N[C@]2(C)O[C@@]3(O)[C@@H]4CCCN4C(=O)[C@H](Cc4ccc(F)cc4)N3C2=O)C=C2c3c(F)ccc4[nH]cc(c34)C[C@H]21. The third-order valence-electron chi connectivity index (χ3n) is 10.3. The summed E-state index contributed by atoms with van der Waals surface area (Å²) in [5.74, 6) is -5.33. The molecule has 2 aromatic carbocycles. The summed E-state index contributed by atoms with van der Waals surface area (Å²) in [5, 5.41) is 15.6. The fraction of sp³-hybridized carbons (Fsp3) is 0.424. The Labute approximate surface area is 257 Å². The van der Waals surface area contributed by atoms with Crippen LogP contribution in [0.15, 0.2) is 48.7 Å². The van der Waals surface area contributed by atoms with E-state index in [0.29, 0.717) is 49.1 Å². The fourth-order valence-corrected chi connectivity index (χ4v) is 8.16. The number of hydrogen-bond acceptors (Lipinski definition) is 6. The van der Waals surface area contributed by atoms with Crippen molar-refractivity contribution in [3.05, 3.63) is 77.0 Å². The van der Waals surface area contributed by atoms with Crippen molar-refractivity contribution < 1.29 is 33.0 Å². The molecule has 3 amide bonds. The predicted molar refractivity (Wildman–Crippen MR) is 158 cm³/mol. The Morgan fingerprint density at radius 3 is 2.73 bits per heavy atom. The number of carbonyl (C=O) groups excluding carboxylic acids is 3. The number of rotatable bonds is 4. The number of nitrogens with one attached hydrogen (secondary N) is 2. The molecule has 5 aliphatic rings. The van der Waals surface area contributed by atoms with Gasteiger partial charge in [-0.3, -0.25) is 28.9 Å². The summed E-state index contributed by atoms with van der Waals surface area (Å²) in [6.07, 6.45) is 5.40. The molecule has 0 saturated carbocycles.